The van der Waals surface area contributed by atoms with Crippen molar-refractivity contribution in [3.05, 3.63) is 96.9 Å². The Balaban J connectivity index is 1.34. The summed E-state index contributed by atoms with van der Waals surface area (Å²) < 4.78 is 0. The third-order valence-corrected chi connectivity index (χ3v) is 6.29. The van der Waals surface area contributed by atoms with E-state index in [-0.39, 0.29) is 17.7 Å². The van der Waals surface area contributed by atoms with E-state index in [0.717, 1.165) is 28.5 Å². The van der Waals surface area contributed by atoms with E-state index in [9.17, 15) is 9.59 Å². The van der Waals surface area contributed by atoms with Gasteiger partial charge in [-0.3, -0.25) is 14.5 Å². The maximum absolute atomic E-state index is 12.5. The zero-order chi connectivity index (χ0) is 21.6. The van der Waals surface area contributed by atoms with Crippen molar-refractivity contribution in [2.24, 2.45) is 0 Å². The molecule has 6 nitrogen and oxygen atoms in total. The first kappa shape index (κ1) is 21.2. The predicted molar refractivity (Wildman–Crippen MR) is 125 cm³/mol. The Kier molecular flexibility index (Phi) is 6.71. The largest absolute Gasteiger partial charge is 0.345 e. The van der Waals surface area contributed by atoms with Crippen LogP contribution in [-0.2, 0) is 19.6 Å². The van der Waals surface area contributed by atoms with E-state index in [4.69, 9.17) is 0 Å². The number of aromatic nitrogens is 2. The third-order valence-electron chi connectivity index (χ3n) is 4.71. The highest BCUT2D eigenvalue weighted by molar-refractivity contribution is 7.10. The molecular formula is C23H22N4O2S2. The topological polar surface area (TPSA) is 78.1 Å². The lowest BCUT2D eigenvalue weighted by Crippen LogP contribution is -2.30. The highest BCUT2D eigenvalue weighted by Gasteiger charge is 2.13. The Hall–Kier alpha value is -3.07. The number of nitrogens with one attached hydrogen (secondary N) is 2. The quantitative estimate of drug-likeness (QED) is 0.423. The first-order valence-electron chi connectivity index (χ1n) is 9.78. The average molecular weight is 451 g/mol. The van der Waals surface area contributed by atoms with Crippen molar-refractivity contribution in [1.82, 2.24) is 20.2 Å². The molecule has 4 aromatic rings. The smallest absolute Gasteiger partial charge is 0.261 e. The molecule has 0 radical (unpaired) electrons. The second kappa shape index (κ2) is 9.82. The van der Waals surface area contributed by atoms with Gasteiger partial charge in [0.05, 0.1) is 12.2 Å². The number of nitrogens with zero attached hydrogens (tertiary/aromatic N) is 2. The van der Waals surface area contributed by atoms with Crippen molar-refractivity contribution in [3.63, 3.8) is 0 Å². The second-order valence-electron chi connectivity index (χ2n) is 7.21. The number of hydrogen-bond donors (Lipinski definition) is 2. The SMILES string of the molecule is CN(Cc1ccsc1)Cc1ccc(C(=O)NCc2nc(-c3ccccc3)cs2)c(=O)[nH]1. The van der Waals surface area contributed by atoms with Crippen molar-refractivity contribution < 1.29 is 4.79 Å². The molecule has 0 aliphatic rings. The maximum atomic E-state index is 12.5. The van der Waals surface area contributed by atoms with E-state index in [1.165, 1.54) is 16.9 Å². The van der Waals surface area contributed by atoms with Crippen LogP contribution < -0.4 is 10.9 Å². The Morgan fingerprint density at radius 1 is 1.10 bits per heavy atom. The lowest BCUT2D eigenvalue weighted by Gasteiger charge is -2.15. The molecule has 0 spiro atoms. The van der Waals surface area contributed by atoms with Crippen molar-refractivity contribution in [2.45, 2.75) is 19.6 Å². The Morgan fingerprint density at radius 2 is 1.94 bits per heavy atom. The van der Waals surface area contributed by atoms with Gasteiger partial charge in [0.2, 0.25) is 0 Å². The molecule has 0 aliphatic heterocycles. The zero-order valence-electron chi connectivity index (χ0n) is 17.0. The summed E-state index contributed by atoms with van der Waals surface area (Å²) in [6, 6.07) is 15.3. The van der Waals surface area contributed by atoms with Crippen LogP contribution in [0.25, 0.3) is 11.3 Å². The number of thiophene rings is 1. The molecule has 0 aliphatic carbocycles. The molecule has 0 saturated heterocycles. The van der Waals surface area contributed by atoms with Gasteiger partial charge >= 0.3 is 0 Å². The molecule has 2 N–H and O–H groups in total. The fraction of sp³-hybridized carbons (Fsp3) is 0.174. The minimum Gasteiger partial charge on any atom is -0.345 e. The number of carbonyl (C=O) groups is 1. The van der Waals surface area contributed by atoms with Crippen LogP contribution in [0.5, 0.6) is 0 Å². The molecule has 0 fully saturated rings. The van der Waals surface area contributed by atoms with Gasteiger partial charge in [-0.05, 0) is 41.6 Å². The van der Waals surface area contributed by atoms with Gasteiger partial charge in [-0.15, -0.1) is 11.3 Å². The monoisotopic (exact) mass is 450 g/mol. The van der Waals surface area contributed by atoms with E-state index in [1.54, 1.807) is 23.5 Å². The molecule has 0 saturated carbocycles. The van der Waals surface area contributed by atoms with Gasteiger partial charge in [0, 0.05) is 29.7 Å². The normalized spacial score (nSPS) is 11.0. The molecule has 31 heavy (non-hydrogen) atoms. The number of rotatable bonds is 8. The van der Waals surface area contributed by atoms with Crippen molar-refractivity contribution in [2.75, 3.05) is 7.05 Å². The van der Waals surface area contributed by atoms with Gasteiger partial charge in [0.15, 0.2) is 0 Å². The van der Waals surface area contributed by atoms with Gasteiger partial charge in [-0.25, -0.2) is 4.98 Å². The van der Waals surface area contributed by atoms with Gasteiger partial charge in [0.1, 0.15) is 10.6 Å². The predicted octanol–water partition coefficient (Wildman–Crippen LogP) is 4.12. The third kappa shape index (κ3) is 5.55. The number of pyridine rings is 1. The Morgan fingerprint density at radius 3 is 2.68 bits per heavy atom. The summed E-state index contributed by atoms with van der Waals surface area (Å²) in [5.41, 5.74) is 3.64. The maximum Gasteiger partial charge on any atom is 0.261 e. The van der Waals surface area contributed by atoms with Gasteiger partial charge in [0.25, 0.3) is 11.5 Å². The molecule has 1 aromatic carbocycles. The van der Waals surface area contributed by atoms with Gasteiger partial charge in [-0.2, -0.15) is 11.3 Å². The van der Waals surface area contributed by atoms with Crippen LogP contribution in [0.1, 0.15) is 26.6 Å². The molecule has 0 unspecified atom stereocenters. The van der Waals surface area contributed by atoms with Crippen LogP contribution >= 0.6 is 22.7 Å². The van der Waals surface area contributed by atoms with Crippen LogP contribution in [-0.4, -0.2) is 27.8 Å². The molecule has 8 heteroatoms. The minimum atomic E-state index is -0.407. The summed E-state index contributed by atoms with van der Waals surface area (Å²) in [6.45, 7) is 1.67. The van der Waals surface area contributed by atoms with Crippen LogP contribution in [0.2, 0.25) is 0 Å². The summed E-state index contributed by atoms with van der Waals surface area (Å²) in [4.78, 5) is 34.4. The highest BCUT2D eigenvalue weighted by Crippen LogP contribution is 2.21. The van der Waals surface area contributed by atoms with Crippen LogP contribution in [0.3, 0.4) is 0 Å². The summed E-state index contributed by atoms with van der Waals surface area (Å²) in [7, 11) is 1.99. The summed E-state index contributed by atoms with van der Waals surface area (Å²) in [6.07, 6.45) is 0. The van der Waals surface area contributed by atoms with Gasteiger partial charge < -0.3 is 10.3 Å². The number of benzene rings is 1. The number of amides is 1. The second-order valence-corrected chi connectivity index (χ2v) is 8.93. The number of hydrogen-bond acceptors (Lipinski definition) is 6. The number of aromatic amines is 1. The molecule has 158 valence electrons. The molecular weight excluding hydrogens is 428 g/mol. The average Bonchev–Trinajstić information content (AvgIpc) is 3.45. The number of carbonyl (C=O) groups excluding carboxylic acids is 1. The van der Waals surface area contributed by atoms with E-state index < -0.39 is 5.91 Å². The minimum absolute atomic E-state index is 0.101. The zero-order valence-corrected chi connectivity index (χ0v) is 18.6. The van der Waals surface area contributed by atoms with Crippen LogP contribution in [0.4, 0.5) is 0 Å². The molecule has 0 atom stereocenters. The summed E-state index contributed by atoms with van der Waals surface area (Å²) >= 11 is 3.15. The molecule has 4 rings (SSSR count). The van der Waals surface area contributed by atoms with Crippen LogP contribution in [0, 0.1) is 0 Å². The Bertz CT molecular complexity index is 1200. The van der Waals surface area contributed by atoms with E-state index in [0.29, 0.717) is 6.54 Å². The van der Waals surface area contributed by atoms with Crippen molar-refractivity contribution in [1.29, 1.82) is 0 Å². The summed E-state index contributed by atoms with van der Waals surface area (Å²) in [5.74, 6) is -0.407. The van der Waals surface area contributed by atoms with Crippen molar-refractivity contribution >= 4 is 28.6 Å². The molecule has 3 aromatic heterocycles. The molecule has 3 heterocycles. The van der Waals surface area contributed by atoms with E-state index >= 15 is 0 Å². The lowest BCUT2D eigenvalue weighted by atomic mass is 10.2. The summed E-state index contributed by atoms with van der Waals surface area (Å²) in [5, 5.41) is 9.70. The first-order chi connectivity index (χ1) is 15.1. The lowest BCUT2D eigenvalue weighted by molar-refractivity contribution is 0.0949. The molecule has 0 bridgehead atoms. The highest BCUT2D eigenvalue weighted by atomic mass is 32.1. The van der Waals surface area contributed by atoms with E-state index in [1.807, 2.05) is 48.1 Å². The van der Waals surface area contributed by atoms with Crippen LogP contribution in [0.15, 0.2) is 69.5 Å². The number of thiazole rings is 1. The standard InChI is InChI=1S/C23H22N4O2S2/c1-27(12-16-9-10-30-14-16)13-18-7-8-19(23(29)25-18)22(28)24-11-21-26-20(15-31-21)17-5-3-2-4-6-17/h2-10,14-15H,11-13H2,1H3,(H,24,28)(H,25,29). The fourth-order valence-electron chi connectivity index (χ4n) is 3.21. The number of H-pyrrole nitrogens is 1. The van der Waals surface area contributed by atoms with Crippen molar-refractivity contribution in [3.8, 4) is 11.3 Å². The van der Waals surface area contributed by atoms with E-state index in [2.05, 4.69) is 31.6 Å². The first-order valence-corrected chi connectivity index (χ1v) is 11.6. The molecule has 1 amide bonds. The fourth-order valence-corrected chi connectivity index (χ4v) is 4.61. The Labute approximate surface area is 188 Å². The van der Waals surface area contributed by atoms with Gasteiger partial charge in [-0.1, -0.05) is 30.3 Å².